The zero-order chi connectivity index (χ0) is 17.9. The number of hydrogen-bond acceptors (Lipinski definition) is 4. The van der Waals surface area contributed by atoms with Gasteiger partial charge in [-0.15, -0.1) is 0 Å². The third-order valence-electron chi connectivity index (χ3n) is 4.36. The number of rotatable bonds is 4. The molecule has 1 aliphatic heterocycles. The molecule has 0 aliphatic carbocycles. The Morgan fingerprint density at radius 1 is 1.16 bits per heavy atom. The predicted octanol–water partition coefficient (Wildman–Crippen LogP) is 2.46. The zero-order valence-electron chi connectivity index (χ0n) is 14.1. The molecule has 3 rings (SSSR count). The van der Waals surface area contributed by atoms with E-state index in [0.717, 1.165) is 30.4 Å². The lowest BCUT2D eigenvalue weighted by molar-refractivity contribution is 0.0945. The van der Waals surface area contributed by atoms with E-state index in [-0.39, 0.29) is 10.8 Å². The maximum Gasteiger partial charge on any atom is 0.251 e. The molecule has 1 aliphatic rings. The smallest absolute Gasteiger partial charge is 0.251 e. The maximum atomic E-state index is 12.3. The van der Waals surface area contributed by atoms with Crippen molar-refractivity contribution < 1.29 is 17.9 Å². The summed E-state index contributed by atoms with van der Waals surface area (Å²) in [6.07, 6.45) is 2.89. The molecule has 1 atom stereocenters. The topological polar surface area (TPSA) is 72.5 Å². The van der Waals surface area contributed by atoms with Crippen molar-refractivity contribution in [2.45, 2.75) is 17.7 Å². The minimum atomic E-state index is -3.25. The Bertz CT molecular complexity index is 859. The van der Waals surface area contributed by atoms with Gasteiger partial charge >= 0.3 is 0 Å². The number of amides is 1. The first-order chi connectivity index (χ1) is 11.9. The van der Waals surface area contributed by atoms with Crippen molar-refractivity contribution >= 4 is 15.7 Å². The van der Waals surface area contributed by atoms with Crippen LogP contribution < -0.4 is 10.1 Å². The Balaban J connectivity index is 1.61. The van der Waals surface area contributed by atoms with E-state index in [2.05, 4.69) is 11.4 Å². The van der Waals surface area contributed by atoms with Gasteiger partial charge in [0.1, 0.15) is 5.75 Å². The van der Waals surface area contributed by atoms with Gasteiger partial charge < -0.3 is 10.1 Å². The van der Waals surface area contributed by atoms with Crippen LogP contribution in [0.5, 0.6) is 5.75 Å². The van der Waals surface area contributed by atoms with Gasteiger partial charge in [0.05, 0.1) is 11.5 Å². The zero-order valence-corrected chi connectivity index (χ0v) is 14.9. The SMILES string of the molecule is CS(=O)(=O)c1ccc(C(=O)NCC2CCOc3ccccc3C2)cc1. The first-order valence-electron chi connectivity index (χ1n) is 8.22. The molecule has 0 bridgehead atoms. The molecule has 2 aromatic rings. The van der Waals surface area contributed by atoms with Gasteiger partial charge in [-0.2, -0.15) is 0 Å². The van der Waals surface area contributed by atoms with Gasteiger partial charge in [0.2, 0.25) is 0 Å². The van der Waals surface area contributed by atoms with E-state index in [9.17, 15) is 13.2 Å². The number of para-hydroxylation sites is 1. The Labute approximate surface area is 147 Å². The Morgan fingerprint density at radius 2 is 1.88 bits per heavy atom. The number of hydrogen-bond donors (Lipinski definition) is 1. The number of carbonyl (C=O) groups excluding carboxylic acids is 1. The molecule has 0 radical (unpaired) electrons. The van der Waals surface area contributed by atoms with Crippen molar-refractivity contribution in [3.05, 3.63) is 59.7 Å². The van der Waals surface area contributed by atoms with Crippen LogP contribution in [0.3, 0.4) is 0 Å². The number of nitrogens with one attached hydrogen (secondary N) is 1. The van der Waals surface area contributed by atoms with Crippen molar-refractivity contribution in [2.24, 2.45) is 5.92 Å². The summed E-state index contributed by atoms with van der Waals surface area (Å²) in [5, 5.41) is 2.94. The molecule has 0 spiro atoms. The summed E-state index contributed by atoms with van der Waals surface area (Å²) >= 11 is 0. The average Bonchev–Trinajstić information content (AvgIpc) is 2.81. The van der Waals surface area contributed by atoms with Crippen LogP contribution in [0.4, 0.5) is 0 Å². The highest BCUT2D eigenvalue weighted by Gasteiger charge is 2.18. The van der Waals surface area contributed by atoms with Gasteiger partial charge in [0.15, 0.2) is 9.84 Å². The summed E-state index contributed by atoms with van der Waals surface area (Å²) in [6, 6.07) is 14.0. The van der Waals surface area contributed by atoms with E-state index in [1.165, 1.54) is 24.3 Å². The minimum absolute atomic E-state index is 0.196. The van der Waals surface area contributed by atoms with Gasteiger partial charge in [-0.05, 0) is 54.7 Å². The van der Waals surface area contributed by atoms with E-state index in [4.69, 9.17) is 4.74 Å². The van der Waals surface area contributed by atoms with Crippen molar-refractivity contribution in [1.82, 2.24) is 5.32 Å². The Hall–Kier alpha value is -2.34. The molecule has 1 N–H and O–H groups in total. The molecule has 0 fully saturated rings. The van der Waals surface area contributed by atoms with Crippen LogP contribution >= 0.6 is 0 Å². The third-order valence-corrected chi connectivity index (χ3v) is 5.49. The van der Waals surface area contributed by atoms with Crippen LogP contribution in [-0.2, 0) is 16.3 Å². The normalized spacial score (nSPS) is 17.1. The van der Waals surface area contributed by atoms with Crippen LogP contribution in [-0.4, -0.2) is 33.7 Å². The van der Waals surface area contributed by atoms with Crippen LogP contribution in [0.1, 0.15) is 22.3 Å². The highest BCUT2D eigenvalue weighted by Crippen LogP contribution is 2.26. The lowest BCUT2D eigenvalue weighted by Crippen LogP contribution is -2.30. The van der Waals surface area contributed by atoms with Crippen LogP contribution in [0.2, 0.25) is 0 Å². The number of ether oxygens (including phenoxy) is 1. The quantitative estimate of drug-likeness (QED) is 0.910. The Kier molecular flexibility index (Phi) is 5.08. The van der Waals surface area contributed by atoms with E-state index in [1.54, 1.807) is 0 Å². The Morgan fingerprint density at radius 3 is 2.60 bits per heavy atom. The van der Waals surface area contributed by atoms with Crippen molar-refractivity contribution in [1.29, 1.82) is 0 Å². The first kappa shape index (κ1) is 17.5. The van der Waals surface area contributed by atoms with Gasteiger partial charge in [0, 0.05) is 18.4 Å². The predicted molar refractivity (Wildman–Crippen MR) is 95.6 cm³/mol. The van der Waals surface area contributed by atoms with Crippen LogP contribution in [0.15, 0.2) is 53.4 Å². The molecule has 0 aromatic heterocycles. The minimum Gasteiger partial charge on any atom is -0.493 e. The lowest BCUT2D eigenvalue weighted by Gasteiger charge is -2.14. The molecule has 0 saturated carbocycles. The number of benzene rings is 2. The molecule has 6 heteroatoms. The van der Waals surface area contributed by atoms with Crippen molar-refractivity contribution in [3.63, 3.8) is 0 Å². The summed E-state index contributed by atoms with van der Waals surface area (Å²) in [7, 11) is -3.25. The molecule has 25 heavy (non-hydrogen) atoms. The van der Waals surface area contributed by atoms with Crippen molar-refractivity contribution in [3.8, 4) is 5.75 Å². The number of fused-ring (bicyclic) bond motifs is 1. The van der Waals surface area contributed by atoms with Crippen LogP contribution in [0.25, 0.3) is 0 Å². The molecule has 0 saturated heterocycles. The van der Waals surface area contributed by atoms with Gasteiger partial charge in [-0.1, -0.05) is 18.2 Å². The third kappa shape index (κ3) is 4.39. The number of sulfone groups is 1. The van der Waals surface area contributed by atoms with E-state index in [0.29, 0.717) is 24.6 Å². The summed E-state index contributed by atoms with van der Waals surface area (Å²) in [6.45, 7) is 1.20. The second-order valence-corrected chi connectivity index (χ2v) is 8.34. The van der Waals surface area contributed by atoms with Crippen LogP contribution in [0, 0.1) is 5.92 Å². The second kappa shape index (κ2) is 7.27. The van der Waals surface area contributed by atoms with Gasteiger partial charge in [0.25, 0.3) is 5.91 Å². The molecular formula is C19H21NO4S. The highest BCUT2D eigenvalue weighted by atomic mass is 32.2. The molecular weight excluding hydrogens is 338 g/mol. The second-order valence-electron chi connectivity index (χ2n) is 6.32. The fourth-order valence-corrected chi connectivity index (χ4v) is 3.56. The molecule has 1 heterocycles. The molecule has 132 valence electrons. The molecule has 1 amide bonds. The molecule has 1 unspecified atom stereocenters. The molecule has 2 aromatic carbocycles. The fourth-order valence-electron chi connectivity index (χ4n) is 2.93. The fraction of sp³-hybridized carbons (Fsp3) is 0.316. The average molecular weight is 359 g/mol. The lowest BCUT2D eigenvalue weighted by atomic mass is 9.97. The highest BCUT2D eigenvalue weighted by molar-refractivity contribution is 7.90. The largest absolute Gasteiger partial charge is 0.493 e. The maximum absolute atomic E-state index is 12.3. The monoisotopic (exact) mass is 359 g/mol. The summed E-state index contributed by atoms with van der Waals surface area (Å²) < 4.78 is 28.7. The summed E-state index contributed by atoms with van der Waals surface area (Å²) in [5.41, 5.74) is 1.62. The first-order valence-corrected chi connectivity index (χ1v) is 10.1. The van der Waals surface area contributed by atoms with Gasteiger partial charge in [-0.25, -0.2) is 8.42 Å². The van der Waals surface area contributed by atoms with Gasteiger partial charge in [-0.3, -0.25) is 4.79 Å². The summed E-state index contributed by atoms with van der Waals surface area (Å²) in [5.74, 6) is 1.04. The molecule has 5 nitrogen and oxygen atoms in total. The number of carbonyl (C=O) groups is 1. The van der Waals surface area contributed by atoms with Crippen molar-refractivity contribution in [2.75, 3.05) is 19.4 Å². The van der Waals surface area contributed by atoms with E-state index >= 15 is 0 Å². The van der Waals surface area contributed by atoms with E-state index in [1.807, 2.05) is 18.2 Å². The van der Waals surface area contributed by atoms with E-state index < -0.39 is 9.84 Å². The standard InChI is InChI=1S/C19H21NO4S/c1-25(22,23)17-8-6-15(7-9-17)19(21)20-13-14-10-11-24-18-5-3-2-4-16(18)12-14/h2-9,14H,10-13H2,1H3,(H,20,21). The summed E-state index contributed by atoms with van der Waals surface area (Å²) in [4.78, 5) is 12.5.